The summed E-state index contributed by atoms with van der Waals surface area (Å²) in [5, 5.41) is 3.87. The van der Waals surface area contributed by atoms with E-state index in [9.17, 15) is 4.79 Å². The topological polar surface area (TPSA) is 41.6 Å². The van der Waals surface area contributed by atoms with Gasteiger partial charge in [-0.3, -0.25) is 4.79 Å². The summed E-state index contributed by atoms with van der Waals surface area (Å²) in [6.07, 6.45) is 0.0589. The molecule has 0 radical (unpaired) electrons. The number of nitrogens with one attached hydrogen (secondary N) is 1. The first-order valence-corrected chi connectivity index (χ1v) is 6.79. The fourth-order valence-electron chi connectivity index (χ4n) is 2.07. The number of rotatable bonds is 3. The standard InChI is InChI=1S/C14H19ClN2O2/c1-10-3-4-11(7-13(10)15)14(18)17(2)9-12-8-16-5-6-19-12/h3-4,7,12,16H,5-6,8-9H2,1-2H3. The lowest BCUT2D eigenvalue weighted by Crippen LogP contribution is -2.45. The van der Waals surface area contributed by atoms with Crippen molar-refractivity contribution in [3.63, 3.8) is 0 Å². The maximum absolute atomic E-state index is 12.3. The van der Waals surface area contributed by atoms with Crippen molar-refractivity contribution in [1.29, 1.82) is 0 Å². The summed E-state index contributed by atoms with van der Waals surface area (Å²) in [6, 6.07) is 5.39. The molecule has 0 aromatic heterocycles. The van der Waals surface area contributed by atoms with Gasteiger partial charge >= 0.3 is 0 Å². The summed E-state index contributed by atoms with van der Waals surface area (Å²) < 4.78 is 5.60. The van der Waals surface area contributed by atoms with Gasteiger partial charge in [0.05, 0.1) is 12.7 Å². The van der Waals surface area contributed by atoms with Crippen LogP contribution in [0.1, 0.15) is 15.9 Å². The van der Waals surface area contributed by atoms with Gasteiger partial charge in [0.25, 0.3) is 5.91 Å². The number of aryl methyl sites for hydroxylation is 1. The molecule has 19 heavy (non-hydrogen) atoms. The molecule has 1 aromatic carbocycles. The summed E-state index contributed by atoms with van der Waals surface area (Å²) in [5.41, 5.74) is 1.59. The second kappa shape index (κ2) is 6.37. The van der Waals surface area contributed by atoms with E-state index in [1.165, 1.54) is 0 Å². The van der Waals surface area contributed by atoms with Gasteiger partial charge in [-0.2, -0.15) is 0 Å². The van der Waals surface area contributed by atoms with E-state index in [0.29, 0.717) is 23.7 Å². The maximum atomic E-state index is 12.3. The molecule has 5 heteroatoms. The van der Waals surface area contributed by atoms with Gasteiger partial charge in [0, 0.05) is 37.3 Å². The first-order valence-electron chi connectivity index (χ1n) is 6.42. The Morgan fingerprint density at radius 1 is 1.58 bits per heavy atom. The molecule has 1 amide bonds. The molecule has 1 fully saturated rings. The van der Waals surface area contributed by atoms with Crippen molar-refractivity contribution in [2.24, 2.45) is 0 Å². The molecule has 0 aliphatic carbocycles. The molecule has 1 atom stereocenters. The number of carbonyl (C=O) groups excluding carboxylic acids is 1. The summed E-state index contributed by atoms with van der Waals surface area (Å²) in [7, 11) is 1.79. The predicted molar refractivity (Wildman–Crippen MR) is 75.8 cm³/mol. The van der Waals surface area contributed by atoms with Crippen LogP contribution in [0.5, 0.6) is 0 Å². The Kier molecular flexibility index (Phi) is 4.80. The fraction of sp³-hybridized carbons (Fsp3) is 0.500. The number of morpholine rings is 1. The number of hydrogen-bond donors (Lipinski definition) is 1. The highest BCUT2D eigenvalue weighted by atomic mass is 35.5. The summed E-state index contributed by atoms with van der Waals surface area (Å²) in [5.74, 6) is -0.0314. The van der Waals surface area contributed by atoms with Gasteiger partial charge in [-0.1, -0.05) is 17.7 Å². The van der Waals surface area contributed by atoms with Crippen LogP contribution >= 0.6 is 11.6 Å². The SMILES string of the molecule is Cc1ccc(C(=O)N(C)CC2CNCCO2)cc1Cl. The molecule has 1 aromatic rings. The van der Waals surface area contributed by atoms with Gasteiger partial charge in [-0.15, -0.1) is 0 Å². The fourth-order valence-corrected chi connectivity index (χ4v) is 2.25. The highest BCUT2D eigenvalue weighted by Crippen LogP contribution is 2.17. The Hall–Kier alpha value is -1.10. The Balaban J connectivity index is 1.99. The van der Waals surface area contributed by atoms with E-state index >= 15 is 0 Å². The molecular formula is C14H19ClN2O2. The summed E-state index contributed by atoms with van der Waals surface area (Å²) in [4.78, 5) is 14.0. The molecule has 1 N–H and O–H groups in total. The zero-order valence-electron chi connectivity index (χ0n) is 11.3. The zero-order chi connectivity index (χ0) is 13.8. The average Bonchev–Trinajstić information content (AvgIpc) is 2.42. The first-order chi connectivity index (χ1) is 9.08. The van der Waals surface area contributed by atoms with Gasteiger partial charge in [-0.05, 0) is 24.6 Å². The molecule has 0 saturated carbocycles. The van der Waals surface area contributed by atoms with Crippen LogP contribution in [0.15, 0.2) is 18.2 Å². The molecule has 1 heterocycles. The minimum absolute atomic E-state index is 0.0314. The Bertz CT molecular complexity index is 459. The smallest absolute Gasteiger partial charge is 0.253 e. The second-order valence-corrected chi connectivity index (χ2v) is 5.25. The van der Waals surface area contributed by atoms with E-state index < -0.39 is 0 Å². The number of benzene rings is 1. The second-order valence-electron chi connectivity index (χ2n) is 4.85. The third-order valence-corrected chi connectivity index (χ3v) is 3.65. The Labute approximate surface area is 118 Å². The molecule has 4 nitrogen and oxygen atoms in total. The van der Waals surface area contributed by atoms with E-state index in [1.54, 1.807) is 24.1 Å². The molecule has 1 saturated heterocycles. The molecule has 0 bridgehead atoms. The van der Waals surface area contributed by atoms with Crippen LogP contribution in [-0.4, -0.2) is 50.2 Å². The van der Waals surface area contributed by atoms with Gasteiger partial charge in [0.1, 0.15) is 0 Å². The van der Waals surface area contributed by atoms with Crippen molar-refractivity contribution in [1.82, 2.24) is 10.2 Å². The lowest BCUT2D eigenvalue weighted by Gasteiger charge is -2.28. The molecule has 0 spiro atoms. The Morgan fingerprint density at radius 3 is 3.00 bits per heavy atom. The number of carbonyl (C=O) groups is 1. The minimum atomic E-state index is -0.0314. The van der Waals surface area contributed by atoms with Crippen molar-refractivity contribution in [2.45, 2.75) is 13.0 Å². The van der Waals surface area contributed by atoms with Gasteiger partial charge in [0.2, 0.25) is 0 Å². The molecule has 104 valence electrons. The van der Waals surface area contributed by atoms with Crippen molar-refractivity contribution in [2.75, 3.05) is 33.3 Å². The first kappa shape index (κ1) is 14.3. The molecule has 1 unspecified atom stereocenters. The normalized spacial score (nSPS) is 19.2. The van der Waals surface area contributed by atoms with Crippen LogP contribution in [0.4, 0.5) is 0 Å². The van der Waals surface area contributed by atoms with E-state index in [-0.39, 0.29) is 12.0 Å². The Morgan fingerprint density at radius 2 is 2.37 bits per heavy atom. The maximum Gasteiger partial charge on any atom is 0.253 e. The van der Waals surface area contributed by atoms with E-state index in [4.69, 9.17) is 16.3 Å². The number of hydrogen-bond acceptors (Lipinski definition) is 3. The van der Waals surface area contributed by atoms with E-state index in [1.807, 2.05) is 13.0 Å². The number of amides is 1. The highest BCUT2D eigenvalue weighted by Gasteiger charge is 2.19. The minimum Gasteiger partial charge on any atom is -0.374 e. The summed E-state index contributed by atoms with van der Waals surface area (Å²) in [6.45, 7) is 4.86. The van der Waals surface area contributed by atoms with Crippen molar-refractivity contribution in [3.05, 3.63) is 34.3 Å². The van der Waals surface area contributed by atoms with E-state index in [2.05, 4.69) is 5.32 Å². The van der Waals surface area contributed by atoms with Gasteiger partial charge in [0.15, 0.2) is 0 Å². The number of likely N-dealkylation sites (N-methyl/N-ethyl adjacent to an activating group) is 1. The number of nitrogens with zero attached hydrogens (tertiary/aromatic N) is 1. The third-order valence-electron chi connectivity index (χ3n) is 3.25. The monoisotopic (exact) mass is 282 g/mol. The third kappa shape index (κ3) is 3.69. The van der Waals surface area contributed by atoms with Gasteiger partial charge in [-0.25, -0.2) is 0 Å². The van der Waals surface area contributed by atoms with Crippen LogP contribution in [0.3, 0.4) is 0 Å². The van der Waals surface area contributed by atoms with E-state index in [0.717, 1.165) is 18.7 Å². The largest absolute Gasteiger partial charge is 0.374 e. The lowest BCUT2D eigenvalue weighted by atomic mass is 10.1. The molecular weight excluding hydrogens is 264 g/mol. The molecule has 1 aliphatic heterocycles. The van der Waals surface area contributed by atoms with Crippen LogP contribution in [-0.2, 0) is 4.74 Å². The molecule has 1 aliphatic rings. The number of halogens is 1. The van der Waals surface area contributed by atoms with Crippen molar-refractivity contribution in [3.8, 4) is 0 Å². The van der Waals surface area contributed by atoms with Crippen molar-refractivity contribution >= 4 is 17.5 Å². The highest BCUT2D eigenvalue weighted by molar-refractivity contribution is 6.31. The lowest BCUT2D eigenvalue weighted by molar-refractivity contribution is 0.0104. The van der Waals surface area contributed by atoms with Gasteiger partial charge < -0.3 is 15.0 Å². The van der Waals surface area contributed by atoms with Crippen LogP contribution in [0.25, 0.3) is 0 Å². The van der Waals surface area contributed by atoms with Crippen LogP contribution in [0.2, 0.25) is 5.02 Å². The quantitative estimate of drug-likeness (QED) is 0.918. The predicted octanol–water partition coefficient (Wildman–Crippen LogP) is 1.71. The summed E-state index contributed by atoms with van der Waals surface area (Å²) >= 11 is 6.05. The van der Waals surface area contributed by atoms with Crippen LogP contribution in [0, 0.1) is 6.92 Å². The average molecular weight is 283 g/mol. The molecule has 2 rings (SSSR count). The zero-order valence-corrected chi connectivity index (χ0v) is 12.0. The van der Waals surface area contributed by atoms with Crippen molar-refractivity contribution < 1.29 is 9.53 Å². The number of ether oxygens (including phenoxy) is 1. The van der Waals surface area contributed by atoms with Crippen LogP contribution < -0.4 is 5.32 Å².